The number of nitrogens with zero attached hydrogens (tertiary/aromatic N) is 3. The average molecular weight is 375 g/mol. The zero-order valence-electron chi connectivity index (χ0n) is 15.4. The molecule has 26 heavy (non-hydrogen) atoms. The van der Waals surface area contributed by atoms with E-state index in [0.29, 0.717) is 24.4 Å². The van der Waals surface area contributed by atoms with Gasteiger partial charge in [0.15, 0.2) is 0 Å². The van der Waals surface area contributed by atoms with Gasteiger partial charge in [0.1, 0.15) is 5.82 Å². The van der Waals surface area contributed by atoms with Gasteiger partial charge in [0.05, 0.1) is 17.6 Å². The summed E-state index contributed by atoms with van der Waals surface area (Å²) in [5.41, 5.74) is 1.98. The maximum absolute atomic E-state index is 12.6. The Bertz CT molecular complexity index is 781. The number of likely N-dealkylation sites (tertiary alicyclic amines) is 2. The molecule has 4 rings (SSSR count). The average Bonchev–Trinajstić information content (AvgIpc) is 3.05. The molecule has 2 fully saturated rings. The Morgan fingerprint density at radius 2 is 2.04 bits per heavy atom. The molecule has 2 aliphatic rings. The van der Waals surface area contributed by atoms with Gasteiger partial charge in [-0.15, -0.1) is 0 Å². The van der Waals surface area contributed by atoms with Crippen LogP contribution in [-0.2, 0) is 4.79 Å². The molecule has 1 atom stereocenters. The molecule has 1 aromatic heterocycles. The van der Waals surface area contributed by atoms with Gasteiger partial charge < -0.3 is 9.88 Å². The molecule has 1 N–H and O–H groups in total. The van der Waals surface area contributed by atoms with E-state index in [2.05, 4.69) is 21.7 Å². The molecule has 0 spiro atoms. The smallest absolute Gasteiger partial charge is 0.236 e. The van der Waals surface area contributed by atoms with Gasteiger partial charge in [0.2, 0.25) is 5.91 Å². The minimum atomic E-state index is 0.300. The van der Waals surface area contributed by atoms with Crippen molar-refractivity contribution >= 4 is 28.5 Å². The minimum absolute atomic E-state index is 0.300. The van der Waals surface area contributed by atoms with Gasteiger partial charge in [0.25, 0.3) is 0 Å². The molecule has 0 aliphatic carbocycles. The van der Waals surface area contributed by atoms with Crippen LogP contribution in [0, 0.1) is 0 Å². The number of halogens is 1. The number of rotatable bonds is 3. The number of imidazole rings is 1. The summed E-state index contributed by atoms with van der Waals surface area (Å²) in [5.74, 6) is 1.79. The number of carbonyl (C=O) groups excluding carboxylic acids is 1. The number of carbonyl (C=O) groups is 1. The Labute approximate surface area is 159 Å². The van der Waals surface area contributed by atoms with Gasteiger partial charge in [-0.1, -0.05) is 11.6 Å². The maximum atomic E-state index is 12.6. The summed E-state index contributed by atoms with van der Waals surface area (Å²) in [7, 11) is 0. The van der Waals surface area contributed by atoms with Crippen LogP contribution < -0.4 is 0 Å². The van der Waals surface area contributed by atoms with Crippen LogP contribution in [0.3, 0.4) is 0 Å². The second-order valence-electron chi connectivity index (χ2n) is 7.77. The van der Waals surface area contributed by atoms with Crippen molar-refractivity contribution in [3.63, 3.8) is 0 Å². The van der Waals surface area contributed by atoms with Crippen LogP contribution in [-0.4, -0.2) is 57.9 Å². The fraction of sp³-hybridized carbons (Fsp3) is 0.600. The molecule has 0 unspecified atom stereocenters. The highest BCUT2D eigenvalue weighted by molar-refractivity contribution is 6.31. The number of aromatic nitrogens is 2. The monoisotopic (exact) mass is 374 g/mol. The van der Waals surface area contributed by atoms with Gasteiger partial charge in [0, 0.05) is 23.5 Å². The lowest BCUT2D eigenvalue weighted by Crippen LogP contribution is -2.48. The highest BCUT2D eigenvalue weighted by Crippen LogP contribution is 2.28. The summed E-state index contributed by atoms with van der Waals surface area (Å²) in [6.07, 6.45) is 5.62. The van der Waals surface area contributed by atoms with Crippen molar-refractivity contribution in [3.05, 3.63) is 29.0 Å². The molecule has 3 heterocycles. The van der Waals surface area contributed by atoms with Crippen molar-refractivity contribution < 1.29 is 4.79 Å². The van der Waals surface area contributed by atoms with Gasteiger partial charge in [-0.2, -0.15) is 0 Å². The van der Waals surface area contributed by atoms with Crippen LogP contribution in [0.2, 0.25) is 5.02 Å². The third-order valence-electron chi connectivity index (χ3n) is 5.92. The number of benzene rings is 1. The third-order valence-corrected chi connectivity index (χ3v) is 6.15. The lowest BCUT2D eigenvalue weighted by Gasteiger charge is -2.36. The van der Waals surface area contributed by atoms with Crippen molar-refractivity contribution in [3.8, 4) is 0 Å². The van der Waals surface area contributed by atoms with E-state index in [1.54, 1.807) is 0 Å². The fourth-order valence-corrected chi connectivity index (χ4v) is 4.48. The largest absolute Gasteiger partial charge is 0.342 e. The first-order chi connectivity index (χ1) is 12.6. The van der Waals surface area contributed by atoms with Gasteiger partial charge in [-0.3, -0.25) is 9.69 Å². The van der Waals surface area contributed by atoms with E-state index in [4.69, 9.17) is 16.6 Å². The molecule has 1 aromatic carbocycles. The van der Waals surface area contributed by atoms with Crippen molar-refractivity contribution in [2.24, 2.45) is 0 Å². The summed E-state index contributed by atoms with van der Waals surface area (Å²) >= 11 is 6.07. The first kappa shape index (κ1) is 17.8. The number of H-pyrrole nitrogens is 1. The molecule has 0 bridgehead atoms. The summed E-state index contributed by atoms with van der Waals surface area (Å²) in [5, 5.41) is 0.730. The Morgan fingerprint density at radius 1 is 1.23 bits per heavy atom. The SMILES string of the molecule is C[C@@H]1CCCCN1C(=O)CN1CCC(c2nc3ccc(Cl)cc3[nH]2)CC1. The molecule has 140 valence electrons. The predicted octanol–water partition coefficient (Wildman–Crippen LogP) is 3.80. The second kappa shape index (κ2) is 7.57. The van der Waals surface area contributed by atoms with Crippen LogP contribution in [0.15, 0.2) is 18.2 Å². The number of amides is 1. The molecule has 2 aromatic rings. The number of fused-ring (bicyclic) bond motifs is 1. The Hall–Kier alpha value is -1.59. The molecular formula is C20H27ClN4O. The number of piperidine rings is 2. The number of nitrogens with one attached hydrogen (secondary N) is 1. The quantitative estimate of drug-likeness (QED) is 0.889. The maximum Gasteiger partial charge on any atom is 0.236 e. The zero-order valence-corrected chi connectivity index (χ0v) is 16.1. The first-order valence-corrected chi connectivity index (χ1v) is 10.1. The first-order valence-electron chi connectivity index (χ1n) is 9.77. The van der Waals surface area contributed by atoms with Gasteiger partial charge >= 0.3 is 0 Å². The minimum Gasteiger partial charge on any atom is -0.342 e. The van der Waals surface area contributed by atoms with E-state index in [0.717, 1.165) is 67.2 Å². The van der Waals surface area contributed by atoms with Crippen LogP contribution in [0.5, 0.6) is 0 Å². The van der Waals surface area contributed by atoms with E-state index in [1.807, 2.05) is 18.2 Å². The number of aromatic amines is 1. The van der Waals surface area contributed by atoms with Crippen LogP contribution >= 0.6 is 11.6 Å². The van der Waals surface area contributed by atoms with Crippen molar-refractivity contribution in [2.45, 2.75) is 51.0 Å². The molecule has 0 radical (unpaired) electrons. The molecule has 2 aliphatic heterocycles. The van der Waals surface area contributed by atoms with E-state index < -0.39 is 0 Å². The van der Waals surface area contributed by atoms with Crippen LogP contribution in [0.4, 0.5) is 0 Å². The van der Waals surface area contributed by atoms with Gasteiger partial charge in [-0.05, 0) is 70.3 Å². The molecular weight excluding hydrogens is 348 g/mol. The molecule has 2 saturated heterocycles. The Balaban J connectivity index is 1.34. The number of hydrogen-bond acceptors (Lipinski definition) is 3. The highest BCUT2D eigenvalue weighted by Gasteiger charge is 2.28. The van der Waals surface area contributed by atoms with Crippen molar-refractivity contribution in [1.82, 2.24) is 19.8 Å². The summed E-state index contributed by atoms with van der Waals surface area (Å²) in [6, 6.07) is 6.17. The van der Waals surface area contributed by atoms with Crippen molar-refractivity contribution in [2.75, 3.05) is 26.2 Å². The lowest BCUT2D eigenvalue weighted by molar-refractivity contribution is -0.135. The van der Waals surface area contributed by atoms with Crippen LogP contribution in [0.1, 0.15) is 50.8 Å². The normalized spacial score (nSPS) is 22.8. The molecule has 6 heteroatoms. The van der Waals surface area contributed by atoms with E-state index in [1.165, 1.54) is 6.42 Å². The van der Waals surface area contributed by atoms with Gasteiger partial charge in [-0.25, -0.2) is 4.98 Å². The zero-order chi connectivity index (χ0) is 18.1. The highest BCUT2D eigenvalue weighted by atomic mass is 35.5. The molecule has 0 saturated carbocycles. The fourth-order valence-electron chi connectivity index (χ4n) is 4.31. The van der Waals surface area contributed by atoms with Crippen molar-refractivity contribution in [1.29, 1.82) is 0 Å². The summed E-state index contributed by atoms with van der Waals surface area (Å²) in [6.45, 7) is 5.58. The number of hydrogen-bond donors (Lipinski definition) is 1. The Morgan fingerprint density at radius 3 is 2.81 bits per heavy atom. The predicted molar refractivity (Wildman–Crippen MR) is 105 cm³/mol. The molecule has 5 nitrogen and oxygen atoms in total. The Kier molecular flexibility index (Phi) is 5.18. The summed E-state index contributed by atoms with van der Waals surface area (Å²) in [4.78, 5) is 25.2. The van der Waals surface area contributed by atoms with E-state index >= 15 is 0 Å². The van der Waals surface area contributed by atoms with E-state index in [-0.39, 0.29) is 0 Å². The molecule has 1 amide bonds. The van der Waals surface area contributed by atoms with E-state index in [9.17, 15) is 4.79 Å². The third kappa shape index (κ3) is 3.74. The summed E-state index contributed by atoms with van der Waals surface area (Å²) < 4.78 is 0. The topological polar surface area (TPSA) is 52.2 Å². The lowest BCUT2D eigenvalue weighted by atomic mass is 9.96. The second-order valence-corrected chi connectivity index (χ2v) is 8.20. The van der Waals surface area contributed by atoms with Crippen LogP contribution in [0.25, 0.3) is 11.0 Å². The standard InChI is InChI=1S/C20H27ClN4O/c1-14-4-2-3-9-25(14)19(26)13-24-10-7-15(8-11-24)20-22-17-6-5-16(21)12-18(17)23-20/h5-6,12,14-15H,2-4,7-11,13H2,1H3,(H,22,23)/t14-/m1/s1.